The van der Waals surface area contributed by atoms with Gasteiger partial charge < -0.3 is 15.3 Å². The van der Waals surface area contributed by atoms with E-state index in [0.717, 1.165) is 0 Å². The molecule has 0 aromatic heterocycles. The van der Waals surface area contributed by atoms with Crippen molar-refractivity contribution in [3.8, 4) is 0 Å². The van der Waals surface area contributed by atoms with Crippen molar-refractivity contribution in [2.24, 2.45) is 0 Å². The predicted octanol–water partition coefficient (Wildman–Crippen LogP) is 1.30. The van der Waals surface area contributed by atoms with Gasteiger partial charge in [0.15, 0.2) is 0 Å². The summed E-state index contributed by atoms with van der Waals surface area (Å²) >= 11 is 0. The SMILES string of the molecule is O=C(NC1CC(F)(F)C1)C(=O)N1CC(F)(F)[C@H](O)[C@]12CCC(F)(F)C2. The van der Waals surface area contributed by atoms with Crippen molar-refractivity contribution in [3.05, 3.63) is 0 Å². The summed E-state index contributed by atoms with van der Waals surface area (Å²) in [7, 11) is 0. The molecule has 2 N–H and O–H groups in total. The maximum atomic E-state index is 13.9. The molecule has 3 aliphatic rings. The van der Waals surface area contributed by atoms with Crippen LogP contribution in [0.2, 0.25) is 0 Å². The van der Waals surface area contributed by atoms with Crippen LogP contribution in [0.3, 0.4) is 0 Å². The smallest absolute Gasteiger partial charge is 0.312 e. The zero-order valence-electron chi connectivity index (χ0n) is 12.9. The molecule has 0 radical (unpaired) electrons. The van der Waals surface area contributed by atoms with E-state index in [-0.39, 0.29) is 4.90 Å². The maximum Gasteiger partial charge on any atom is 0.312 e. The van der Waals surface area contributed by atoms with Crippen LogP contribution in [0.1, 0.15) is 32.1 Å². The Morgan fingerprint density at radius 3 is 2.08 bits per heavy atom. The Hall–Kier alpha value is -1.52. The molecule has 1 aliphatic heterocycles. The quantitative estimate of drug-likeness (QED) is 0.537. The second kappa shape index (κ2) is 5.24. The molecule has 0 aromatic rings. The van der Waals surface area contributed by atoms with Gasteiger partial charge in [0, 0.05) is 31.7 Å². The van der Waals surface area contributed by atoms with Crippen molar-refractivity contribution in [2.75, 3.05) is 6.54 Å². The van der Waals surface area contributed by atoms with Crippen LogP contribution >= 0.6 is 0 Å². The number of rotatable bonds is 1. The van der Waals surface area contributed by atoms with E-state index in [1.807, 2.05) is 5.32 Å². The highest BCUT2D eigenvalue weighted by Gasteiger charge is 2.69. The molecule has 1 spiro atoms. The van der Waals surface area contributed by atoms with Crippen LogP contribution in [0.4, 0.5) is 26.3 Å². The van der Waals surface area contributed by atoms with E-state index in [9.17, 15) is 41.0 Å². The maximum absolute atomic E-state index is 13.9. The summed E-state index contributed by atoms with van der Waals surface area (Å²) in [5.41, 5.74) is -2.25. The van der Waals surface area contributed by atoms with Gasteiger partial charge in [-0.3, -0.25) is 9.59 Å². The molecule has 3 rings (SSSR count). The number of aliphatic hydroxyl groups is 1. The number of nitrogens with one attached hydrogen (secondary N) is 1. The third-order valence-corrected chi connectivity index (χ3v) is 5.17. The first-order valence-electron chi connectivity index (χ1n) is 7.72. The molecule has 2 amide bonds. The van der Waals surface area contributed by atoms with Crippen LogP contribution in [0.5, 0.6) is 0 Å². The monoisotopic (exact) mass is 374 g/mol. The van der Waals surface area contributed by atoms with Gasteiger partial charge in [-0.1, -0.05) is 0 Å². The molecule has 0 bridgehead atoms. The zero-order valence-corrected chi connectivity index (χ0v) is 12.9. The van der Waals surface area contributed by atoms with Crippen LogP contribution in [-0.2, 0) is 9.59 Å². The number of alkyl halides is 6. The molecule has 2 aliphatic carbocycles. The lowest BCUT2D eigenvalue weighted by molar-refractivity contribution is -0.153. The molecule has 0 unspecified atom stereocenters. The first-order chi connectivity index (χ1) is 11.3. The van der Waals surface area contributed by atoms with Gasteiger partial charge >= 0.3 is 11.8 Å². The molecule has 3 fully saturated rings. The minimum absolute atomic E-state index is 0.282. The van der Waals surface area contributed by atoms with Crippen molar-refractivity contribution >= 4 is 11.8 Å². The Labute approximate surface area is 138 Å². The van der Waals surface area contributed by atoms with E-state index >= 15 is 0 Å². The van der Waals surface area contributed by atoms with Crippen molar-refractivity contribution in [3.63, 3.8) is 0 Å². The van der Waals surface area contributed by atoms with Crippen molar-refractivity contribution in [2.45, 2.75) is 67.6 Å². The van der Waals surface area contributed by atoms with Gasteiger partial charge in [0.1, 0.15) is 6.10 Å². The second-order valence-corrected chi connectivity index (χ2v) is 7.13. The largest absolute Gasteiger partial charge is 0.384 e. The van der Waals surface area contributed by atoms with Crippen LogP contribution in [-0.4, -0.2) is 63.8 Å². The Kier molecular flexibility index (Phi) is 3.83. The molecule has 142 valence electrons. The molecule has 1 heterocycles. The van der Waals surface area contributed by atoms with E-state index in [4.69, 9.17) is 0 Å². The first-order valence-corrected chi connectivity index (χ1v) is 7.72. The second-order valence-electron chi connectivity index (χ2n) is 7.13. The summed E-state index contributed by atoms with van der Waals surface area (Å²) in [6.45, 7) is -1.38. The third-order valence-electron chi connectivity index (χ3n) is 5.17. The highest BCUT2D eigenvalue weighted by molar-refractivity contribution is 6.35. The van der Waals surface area contributed by atoms with Gasteiger partial charge in [0.05, 0.1) is 12.1 Å². The van der Waals surface area contributed by atoms with Gasteiger partial charge in [-0.15, -0.1) is 0 Å². The highest BCUT2D eigenvalue weighted by atomic mass is 19.3. The zero-order chi connectivity index (χ0) is 18.8. The molecule has 0 aromatic carbocycles. The van der Waals surface area contributed by atoms with Crippen LogP contribution < -0.4 is 5.32 Å². The summed E-state index contributed by atoms with van der Waals surface area (Å²) in [5.74, 6) is -13.1. The Morgan fingerprint density at radius 2 is 1.60 bits per heavy atom. The molecule has 5 nitrogen and oxygen atoms in total. The lowest BCUT2D eigenvalue weighted by Gasteiger charge is -2.38. The number of aliphatic hydroxyl groups excluding tert-OH is 1. The molecular weight excluding hydrogens is 358 g/mol. The summed E-state index contributed by atoms with van der Waals surface area (Å²) in [6.07, 6.45) is -6.48. The van der Waals surface area contributed by atoms with Gasteiger partial charge in [-0.2, -0.15) is 0 Å². The summed E-state index contributed by atoms with van der Waals surface area (Å²) in [4.78, 5) is 24.4. The average Bonchev–Trinajstić information content (AvgIpc) is 2.86. The minimum Gasteiger partial charge on any atom is -0.384 e. The van der Waals surface area contributed by atoms with Crippen LogP contribution in [0, 0.1) is 0 Å². The topological polar surface area (TPSA) is 69.6 Å². The van der Waals surface area contributed by atoms with Crippen molar-refractivity contribution < 1.29 is 41.0 Å². The van der Waals surface area contributed by atoms with Gasteiger partial charge in [-0.25, -0.2) is 26.3 Å². The molecule has 11 heteroatoms. The van der Waals surface area contributed by atoms with Crippen LogP contribution in [0.25, 0.3) is 0 Å². The number of carbonyl (C=O) groups excluding carboxylic acids is 2. The van der Waals surface area contributed by atoms with Gasteiger partial charge in [0.25, 0.3) is 17.8 Å². The van der Waals surface area contributed by atoms with Crippen molar-refractivity contribution in [1.29, 1.82) is 0 Å². The minimum atomic E-state index is -3.85. The summed E-state index contributed by atoms with van der Waals surface area (Å²) in [6, 6.07) is -0.986. The Balaban J connectivity index is 1.77. The number of hydrogen-bond donors (Lipinski definition) is 2. The summed E-state index contributed by atoms with van der Waals surface area (Å²) in [5, 5.41) is 11.8. The fourth-order valence-corrected chi connectivity index (χ4v) is 3.89. The molecule has 1 saturated heterocycles. The fourth-order valence-electron chi connectivity index (χ4n) is 3.89. The van der Waals surface area contributed by atoms with Gasteiger partial charge in [0.2, 0.25) is 0 Å². The van der Waals surface area contributed by atoms with Crippen LogP contribution in [0.15, 0.2) is 0 Å². The number of carbonyl (C=O) groups is 2. The predicted molar refractivity (Wildman–Crippen MR) is 70.3 cm³/mol. The lowest BCUT2D eigenvalue weighted by atomic mass is 9.88. The van der Waals surface area contributed by atoms with E-state index < -0.39 is 85.9 Å². The fraction of sp³-hybridized carbons (Fsp3) is 0.857. The Morgan fingerprint density at radius 1 is 1.00 bits per heavy atom. The number of halogens is 6. The van der Waals surface area contributed by atoms with E-state index in [0.29, 0.717) is 0 Å². The first kappa shape index (κ1) is 18.3. The van der Waals surface area contributed by atoms with Crippen molar-refractivity contribution in [1.82, 2.24) is 10.2 Å². The standard InChI is InChI=1S/C14H16F6N2O3/c15-12(16)2-1-11(5-12)10(25)14(19,20)6-22(11)9(24)8(23)21-7-3-13(17,18)4-7/h7,10,25H,1-6H2,(H,21,23)/t10-,11-/m1/s1. The summed E-state index contributed by atoms with van der Waals surface area (Å²) < 4.78 is 80.5. The Bertz CT molecular complexity index is 605. The molecule has 2 saturated carbocycles. The van der Waals surface area contributed by atoms with Gasteiger partial charge in [-0.05, 0) is 6.42 Å². The third kappa shape index (κ3) is 2.96. The number of amides is 2. The van der Waals surface area contributed by atoms with E-state index in [1.165, 1.54) is 0 Å². The normalized spacial score (nSPS) is 35.6. The highest BCUT2D eigenvalue weighted by Crippen LogP contribution is 2.53. The number of nitrogens with zero attached hydrogens (tertiary/aromatic N) is 1. The molecule has 25 heavy (non-hydrogen) atoms. The lowest BCUT2D eigenvalue weighted by Crippen LogP contribution is -2.58. The number of hydrogen-bond acceptors (Lipinski definition) is 3. The molecular formula is C14H16F6N2O3. The average molecular weight is 374 g/mol. The number of likely N-dealkylation sites (tertiary alicyclic amines) is 1. The van der Waals surface area contributed by atoms with E-state index in [1.54, 1.807) is 0 Å². The molecule has 2 atom stereocenters. The van der Waals surface area contributed by atoms with E-state index in [2.05, 4.69) is 0 Å².